The monoisotopic (exact) mass is 417 g/mol. The van der Waals surface area contributed by atoms with Crippen LogP contribution in [0.4, 0.5) is 0 Å². The van der Waals surface area contributed by atoms with Gasteiger partial charge in [0.05, 0.1) is 0 Å². The highest BCUT2D eigenvalue weighted by Crippen LogP contribution is 2.21. The van der Waals surface area contributed by atoms with Crippen LogP contribution in [0, 0.1) is 0 Å². The molecule has 0 aliphatic heterocycles. The first-order valence-corrected chi connectivity index (χ1v) is 10.1. The van der Waals surface area contributed by atoms with Gasteiger partial charge in [0.1, 0.15) is 12.3 Å². The molecule has 2 aromatic heterocycles. The number of carbonyl (C=O) groups excluding carboxylic acids is 1. The van der Waals surface area contributed by atoms with Gasteiger partial charge >= 0.3 is 5.69 Å². The third kappa shape index (κ3) is 4.98. The lowest BCUT2D eigenvalue weighted by Gasteiger charge is -2.13. The fourth-order valence-electron chi connectivity index (χ4n) is 3.26. The Morgan fingerprint density at radius 3 is 2.55 bits per heavy atom. The van der Waals surface area contributed by atoms with Crippen LogP contribution in [0.25, 0.3) is 5.65 Å². The van der Waals surface area contributed by atoms with Crippen LogP contribution in [-0.4, -0.2) is 31.1 Å². The average molecular weight is 417 g/mol. The summed E-state index contributed by atoms with van der Waals surface area (Å²) >= 11 is 0. The molecule has 0 aliphatic rings. The van der Waals surface area contributed by atoms with Crippen LogP contribution < -0.4 is 15.7 Å². The quantitative estimate of drug-likeness (QED) is 0.476. The zero-order chi connectivity index (χ0) is 21.6. The molecule has 0 radical (unpaired) electrons. The van der Waals surface area contributed by atoms with Crippen LogP contribution in [0.2, 0.25) is 0 Å². The third-order valence-corrected chi connectivity index (χ3v) is 4.84. The van der Waals surface area contributed by atoms with Gasteiger partial charge in [-0.3, -0.25) is 4.79 Å². The normalized spacial score (nSPS) is 11.9. The van der Waals surface area contributed by atoms with E-state index in [-0.39, 0.29) is 30.0 Å². The van der Waals surface area contributed by atoms with Gasteiger partial charge < -0.3 is 10.1 Å². The third-order valence-electron chi connectivity index (χ3n) is 4.84. The SMILES string of the molecule is CC(CCc1ccccc1)NC(=O)Cn1nc2c(Oc3ccccc3)nccn2c1=O. The molecule has 4 aromatic rings. The van der Waals surface area contributed by atoms with Gasteiger partial charge in [0, 0.05) is 18.4 Å². The number of ether oxygens (including phenoxy) is 1. The van der Waals surface area contributed by atoms with Gasteiger partial charge in [0.15, 0.2) is 0 Å². The Bertz CT molecular complexity index is 1220. The van der Waals surface area contributed by atoms with E-state index in [1.54, 1.807) is 12.1 Å². The number of para-hydroxylation sites is 1. The molecule has 31 heavy (non-hydrogen) atoms. The molecular weight excluding hydrogens is 394 g/mol. The Hall–Kier alpha value is -3.94. The van der Waals surface area contributed by atoms with Gasteiger partial charge in [-0.2, -0.15) is 0 Å². The molecule has 0 saturated heterocycles. The maximum absolute atomic E-state index is 12.7. The van der Waals surface area contributed by atoms with Crippen molar-refractivity contribution < 1.29 is 9.53 Å². The first kappa shape index (κ1) is 20.3. The first-order chi connectivity index (χ1) is 15.1. The van der Waals surface area contributed by atoms with Gasteiger partial charge in [0.2, 0.25) is 11.6 Å². The largest absolute Gasteiger partial charge is 0.436 e. The molecule has 1 amide bonds. The van der Waals surface area contributed by atoms with Crippen molar-refractivity contribution in [3.8, 4) is 11.6 Å². The minimum atomic E-state index is -0.428. The highest BCUT2D eigenvalue weighted by molar-refractivity contribution is 5.76. The maximum atomic E-state index is 12.7. The molecule has 0 bridgehead atoms. The molecule has 1 unspecified atom stereocenters. The van der Waals surface area contributed by atoms with Gasteiger partial charge in [-0.25, -0.2) is 18.9 Å². The molecule has 8 nitrogen and oxygen atoms in total. The highest BCUT2D eigenvalue weighted by atomic mass is 16.5. The van der Waals surface area contributed by atoms with E-state index < -0.39 is 5.69 Å². The van der Waals surface area contributed by atoms with Crippen molar-refractivity contribution in [3.63, 3.8) is 0 Å². The smallest absolute Gasteiger partial charge is 0.351 e. The van der Waals surface area contributed by atoms with Crippen LogP contribution in [0.5, 0.6) is 11.6 Å². The highest BCUT2D eigenvalue weighted by Gasteiger charge is 2.16. The predicted molar refractivity (Wildman–Crippen MR) is 116 cm³/mol. The Morgan fingerprint density at radius 2 is 1.81 bits per heavy atom. The van der Waals surface area contributed by atoms with Crippen LogP contribution in [0.3, 0.4) is 0 Å². The van der Waals surface area contributed by atoms with E-state index in [0.717, 1.165) is 17.5 Å². The lowest BCUT2D eigenvalue weighted by molar-refractivity contribution is -0.122. The van der Waals surface area contributed by atoms with E-state index in [9.17, 15) is 9.59 Å². The summed E-state index contributed by atoms with van der Waals surface area (Å²) in [6, 6.07) is 19.2. The topological polar surface area (TPSA) is 90.5 Å². The van der Waals surface area contributed by atoms with Crippen molar-refractivity contribution in [1.29, 1.82) is 0 Å². The molecule has 0 spiro atoms. The van der Waals surface area contributed by atoms with E-state index in [2.05, 4.69) is 27.5 Å². The number of hydrogen-bond acceptors (Lipinski definition) is 5. The van der Waals surface area contributed by atoms with Crippen LogP contribution >= 0.6 is 0 Å². The predicted octanol–water partition coefficient (Wildman–Crippen LogP) is 2.82. The molecule has 8 heteroatoms. The minimum Gasteiger partial charge on any atom is -0.436 e. The van der Waals surface area contributed by atoms with E-state index in [4.69, 9.17) is 4.74 Å². The van der Waals surface area contributed by atoms with Crippen molar-refractivity contribution in [2.45, 2.75) is 32.4 Å². The molecule has 158 valence electrons. The summed E-state index contributed by atoms with van der Waals surface area (Å²) in [6.45, 7) is 1.77. The number of carbonyl (C=O) groups is 1. The number of amides is 1. The number of fused-ring (bicyclic) bond motifs is 1. The second kappa shape index (κ2) is 9.25. The van der Waals surface area contributed by atoms with Crippen molar-refractivity contribution in [2.24, 2.45) is 0 Å². The van der Waals surface area contributed by atoms with Crippen molar-refractivity contribution in [2.75, 3.05) is 0 Å². The molecule has 2 heterocycles. The van der Waals surface area contributed by atoms with Gasteiger partial charge in [-0.05, 0) is 37.5 Å². The second-order valence-electron chi connectivity index (χ2n) is 7.27. The summed E-state index contributed by atoms with van der Waals surface area (Å²) in [5, 5.41) is 7.20. The summed E-state index contributed by atoms with van der Waals surface area (Å²) in [7, 11) is 0. The summed E-state index contributed by atoms with van der Waals surface area (Å²) in [4.78, 5) is 29.3. The summed E-state index contributed by atoms with van der Waals surface area (Å²) in [5.74, 6) is 0.501. The van der Waals surface area contributed by atoms with E-state index in [0.29, 0.717) is 5.75 Å². The van der Waals surface area contributed by atoms with E-state index in [1.807, 2.05) is 43.3 Å². The van der Waals surface area contributed by atoms with Gasteiger partial charge in [-0.15, -0.1) is 5.10 Å². The molecule has 0 fully saturated rings. The number of nitrogens with zero attached hydrogens (tertiary/aromatic N) is 4. The molecule has 0 saturated carbocycles. The zero-order valence-corrected chi connectivity index (χ0v) is 17.1. The average Bonchev–Trinajstić information content (AvgIpc) is 3.10. The van der Waals surface area contributed by atoms with Crippen molar-refractivity contribution >= 4 is 11.6 Å². The molecule has 0 aliphatic carbocycles. The number of rotatable bonds is 8. The summed E-state index contributed by atoms with van der Waals surface area (Å²) in [5.41, 5.74) is 1.04. The lowest BCUT2D eigenvalue weighted by atomic mass is 10.1. The Balaban J connectivity index is 1.43. The number of aromatic nitrogens is 4. The molecule has 4 rings (SSSR count). The second-order valence-corrected chi connectivity index (χ2v) is 7.27. The molecule has 1 N–H and O–H groups in total. The maximum Gasteiger partial charge on any atom is 0.351 e. The van der Waals surface area contributed by atoms with Crippen LogP contribution in [0.15, 0.2) is 77.9 Å². The van der Waals surface area contributed by atoms with Gasteiger partial charge in [-0.1, -0.05) is 48.5 Å². The van der Waals surface area contributed by atoms with Gasteiger partial charge in [0.25, 0.3) is 5.88 Å². The Morgan fingerprint density at radius 1 is 1.10 bits per heavy atom. The number of benzene rings is 2. The first-order valence-electron chi connectivity index (χ1n) is 10.1. The zero-order valence-electron chi connectivity index (χ0n) is 17.1. The van der Waals surface area contributed by atoms with E-state index in [1.165, 1.54) is 22.4 Å². The van der Waals surface area contributed by atoms with Crippen LogP contribution in [0.1, 0.15) is 18.9 Å². The minimum absolute atomic E-state index is 0.0286. The summed E-state index contributed by atoms with van der Waals surface area (Å²) < 4.78 is 8.19. The summed E-state index contributed by atoms with van der Waals surface area (Å²) in [6.07, 6.45) is 4.63. The van der Waals surface area contributed by atoms with Crippen LogP contribution in [-0.2, 0) is 17.8 Å². The number of nitrogens with one attached hydrogen (secondary N) is 1. The van der Waals surface area contributed by atoms with Crippen molar-refractivity contribution in [3.05, 3.63) is 89.1 Å². The van der Waals surface area contributed by atoms with Crippen molar-refractivity contribution in [1.82, 2.24) is 24.5 Å². The standard InChI is InChI=1S/C23H23N5O3/c1-17(12-13-18-8-4-2-5-9-18)25-20(29)16-28-23(30)27-15-14-24-22(21(27)26-28)31-19-10-6-3-7-11-19/h2-11,14-15,17H,12-13,16H2,1H3,(H,25,29). The fraction of sp³-hybridized carbons (Fsp3) is 0.217. The Labute approximate surface area is 179 Å². The number of hydrogen-bond donors (Lipinski definition) is 1. The fourth-order valence-corrected chi connectivity index (χ4v) is 3.26. The molecular formula is C23H23N5O3. The molecule has 2 aromatic carbocycles. The number of aryl methyl sites for hydroxylation is 1. The molecule has 1 atom stereocenters. The lowest BCUT2D eigenvalue weighted by Crippen LogP contribution is -2.37. The van der Waals surface area contributed by atoms with E-state index >= 15 is 0 Å². The Kier molecular flexibility index (Phi) is 6.07.